The molecular formula is C24H28N4O3. The summed E-state index contributed by atoms with van der Waals surface area (Å²) >= 11 is 0. The molecule has 0 aliphatic carbocycles. The van der Waals surface area contributed by atoms with Gasteiger partial charge in [0.2, 0.25) is 5.91 Å². The van der Waals surface area contributed by atoms with Gasteiger partial charge in [-0.25, -0.2) is 0 Å². The Morgan fingerprint density at radius 1 is 1.32 bits per heavy atom. The minimum Gasteiger partial charge on any atom is -0.383 e. The highest BCUT2D eigenvalue weighted by Crippen LogP contribution is 2.28. The normalized spacial score (nSPS) is 14.2. The van der Waals surface area contributed by atoms with Crippen LogP contribution in [0.5, 0.6) is 0 Å². The van der Waals surface area contributed by atoms with E-state index >= 15 is 0 Å². The SMILES string of the molecule is COCCn1c(C)cc(/C=C(/C#N)C(=O)NC(C)C(=O)N2CCc3ccccc32)c1C. The second-order valence-electron chi connectivity index (χ2n) is 7.70. The molecule has 31 heavy (non-hydrogen) atoms. The van der Waals surface area contributed by atoms with Gasteiger partial charge in [0.25, 0.3) is 5.91 Å². The van der Waals surface area contributed by atoms with E-state index in [9.17, 15) is 14.9 Å². The Labute approximate surface area is 182 Å². The van der Waals surface area contributed by atoms with Gasteiger partial charge in [-0.3, -0.25) is 9.59 Å². The topological polar surface area (TPSA) is 87.4 Å². The average molecular weight is 421 g/mol. The number of carbonyl (C=O) groups is 2. The number of hydrogen-bond acceptors (Lipinski definition) is 4. The van der Waals surface area contributed by atoms with Crippen molar-refractivity contribution in [1.29, 1.82) is 5.26 Å². The van der Waals surface area contributed by atoms with Crippen LogP contribution in [0.3, 0.4) is 0 Å². The second-order valence-corrected chi connectivity index (χ2v) is 7.70. The standard InChI is InChI=1S/C24H28N4O3/c1-16-13-20(18(3)27(16)11-12-31-4)14-21(15-25)23(29)26-17(2)24(30)28-10-9-19-7-5-6-8-22(19)28/h5-8,13-14,17H,9-12H2,1-4H3,(H,26,29)/b21-14-. The molecular weight excluding hydrogens is 392 g/mol. The number of ether oxygens (including phenoxy) is 1. The van der Waals surface area contributed by atoms with E-state index in [1.807, 2.05) is 50.2 Å². The molecule has 1 aliphatic heterocycles. The predicted octanol–water partition coefficient (Wildman–Crippen LogP) is 2.75. The first kappa shape index (κ1) is 22.3. The van der Waals surface area contributed by atoms with Gasteiger partial charge >= 0.3 is 0 Å². The van der Waals surface area contributed by atoms with E-state index in [0.717, 1.165) is 34.6 Å². The van der Waals surface area contributed by atoms with E-state index in [4.69, 9.17) is 4.74 Å². The molecule has 0 saturated carbocycles. The van der Waals surface area contributed by atoms with E-state index < -0.39 is 11.9 Å². The Hall–Kier alpha value is -3.37. The third-order valence-corrected chi connectivity index (χ3v) is 5.67. The van der Waals surface area contributed by atoms with Gasteiger partial charge in [0.1, 0.15) is 17.7 Å². The summed E-state index contributed by atoms with van der Waals surface area (Å²) in [6.07, 6.45) is 2.37. The van der Waals surface area contributed by atoms with Gasteiger partial charge in [-0.1, -0.05) is 18.2 Å². The molecule has 0 bridgehead atoms. The largest absolute Gasteiger partial charge is 0.383 e. The number of anilines is 1. The van der Waals surface area contributed by atoms with E-state index in [2.05, 4.69) is 9.88 Å². The molecule has 1 aromatic carbocycles. The quantitative estimate of drug-likeness (QED) is 0.551. The van der Waals surface area contributed by atoms with Crippen molar-refractivity contribution in [3.8, 4) is 6.07 Å². The summed E-state index contributed by atoms with van der Waals surface area (Å²) in [6.45, 7) is 7.42. The highest BCUT2D eigenvalue weighted by atomic mass is 16.5. The average Bonchev–Trinajstić information content (AvgIpc) is 3.30. The van der Waals surface area contributed by atoms with Gasteiger partial charge in [-0.15, -0.1) is 0 Å². The fourth-order valence-corrected chi connectivity index (χ4v) is 3.94. The van der Waals surface area contributed by atoms with Gasteiger partial charge in [0, 0.05) is 37.3 Å². The van der Waals surface area contributed by atoms with Crippen molar-refractivity contribution in [1.82, 2.24) is 9.88 Å². The number of para-hydroxylation sites is 1. The van der Waals surface area contributed by atoms with Gasteiger partial charge in [0.15, 0.2) is 0 Å². The predicted molar refractivity (Wildman–Crippen MR) is 119 cm³/mol. The maximum atomic E-state index is 12.9. The number of fused-ring (bicyclic) bond motifs is 1. The minimum absolute atomic E-state index is 0.0338. The lowest BCUT2D eigenvalue weighted by atomic mass is 10.1. The van der Waals surface area contributed by atoms with Crippen LogP contribution in [-0.4, -0.2) is 42.7 Å². The fourth-order valence-electron chi connectivity index (χ4n) is 3.94. The molecule has 1 aromatic heterocycles. The van der Waals surface area contributed by atoms with Crippen molar-refractivity contribution < 1.29 is 14.3 Å². The molecule has 7 nitrogen and oxygen atoms in total. The first-order valence-electron chi connectivity index (χ1n) is 10.3. The summed E-state index contributed by atoms with van der Waals surface area (Å²) in [6, 6.07) is 10.9. The highest BCUT2D eigenvalue weighted by Gasteiger charge is 2.29. The van der Waals surface area contributed by atoms with E-state index in [1.165, 1.54) is 0 Å². The molecule has 2 amide bonds. The second kappa shape index (κ2) is 9.63. The van der Waals surface area contributed by atoms with Crippen LogP contribution in [0, 0.1) is 25.2 Å². The number of nitriles is 1. The summed E-state index contributed by atoms with van der Waals surface area (Å²) in [4.78, 5) is 27.3. The number of methoxy groups -OCH3 is 1. The number of benzene rings is 1. The zero-order valence-electron chi connectivity index (χ0n) is 18.4. The third kappa shape index (κ3) is 4.70. The van der Waals surface area contributed by atoms with Crippen LogP contribution in [0.1, 0.15) is 29.4 Å². The Kier molecular flexibility index (Phi) is 6.93. The summed E-state index contributed by atoms with van der Waals surface area (Å²) in [7, 11) is 1.65. The van der Waals surface area contributed by atoms with Crippen molar-refractivity contribution >= 4 is 23.6 Å². The smallest absolute Gasteiger partial charge is 0.262 e. The molecule has 1 atom stereocenters. The molecule has 0 fully saturated rings. The molecule has 1 aliphatic rings. The number of aryl methyl sites for hydroxylation is 1. The van der Waals surface area contributed by atoms with Crippen LogP contribution in [0.25, 0.3) is 6.08 Å². The van der Waals surface area contributed by atoms with Crippen molar-refractivity contribution in [3.05, 3.63) is 58.4 Å². The van der Waals surface area contributed by atoms with Crippen LogP contribution >= 0.6 is 0 Å². The number of nitrogens with zero attached hydrogens (tertiary/aromatic N) is 3. The van der Waals surface area contributed by atoms with Gasteiger partial charge in [-0.2, -0.15) is 5.26 Å². The van der Waals surface area contributed by atoms with Crippen molar-refractivity contribution in [3.63, 3.8) is 0 Å². The Morgan fingerprint density at radius 3 is 2.77 bits per heavy atom. The summed E-state index contributed by atoms with van der Waals surface area (Å²) < 4.78 is 7.23. The lowest BCUT2D eigenvalue weighted by molar-refractivity contribution is -0.125. The summed E-state index contributed by atoms with van der Waals surface area (Å²) in [5.74, 6) is -0.745. The van der Waals surface area contributed by atoms with Crippen LogP contribution in [0.15, 0.2) is 35.9 Å². The van der Waals surface area contributed by atoms with E-state index in [0.29, 0.717) is 19.7 Å². The minimum atomic E-state index is -0.746. The lowest BCUT2D eigenvalue weighted by Crippen LogP contribution is -2.46. The van der Waals surface area contributed by atoms with E-state index in [-0.39, 0.29) is 11.5 Å². The molecule has 2 heterocycles. The molecule has 2 aromatic rings. The van der Waals surface area contributed by atoms with Gasteiger partial charge in [-0.05, 0) is 56.5 Å². The molecule has 1 unspecified atom stereocenters. The first-order valence-corrected chi connectivity index (χ1v) is 10.3. The number of carbonyl (C=O) groups excluding carboxylic acids is 2. The number of aromatic nitrogens is 1. The van der Waals surface area contributed by atoms with Gasteiger partial charge < -0.3 is 19.5 Å². The zero-order valence-corrected chi connectivity index (χ0v) is 18.4. The Bertz CT molecular complexity index is 1060. The molecule has 0 saturated heterocycles. The Balaban J connectivity index is 1.73. The maximum absolute atomic E-state index is 12.9. The fraction of sp³-hybridized carbons (Fsp3) is 0.375. The Morgan fingerprint density at radius 2 is 2.06 bits per heavy atom. The lowest BCUT2D eigenvalue weighted by Gasteiger charge is -2.22. The highest BCUT2D eigenvalue weighted by molar-refractivity contribution is 6.06. The molecule has 0 radical (unpaired) electrons. The van der Waals surface area contributed by atoms with Crippen molar-refractivity contribution in [2.45, 2.75) is 39.8 Å². The van der Waals surface area contributed by atoms with Crippen molar-refractivity contribution in [2.75, 3.05) is 25.2 Å². The first-order chi connectivity index (χ1) is 14.9. The maximum Gasteiger partial charge on any atom is 0.262 e. The van der Waals surface area contributed by atoms with E-state index in [1.54, 1.807) is 25.0 Å². The molecule has 1 N–H and O–H groups in total. The number of amides is 2. The van der Waals surface area contributed by atoms with Crippen molar-refractivity contribution in [2.24, 2.45) is 0 Å². The zero-order chi connectivity index (χ0) is 22.5. The molecule has 7 heteroatoms. The molecule has 162 valence electrons. The van der Waals surface area contributed by atoms with Crippen LogP contribution in [0.4, 0.5) is 5.69 Å². The molecule has 3 rings (SSSR count). The number of hydrogen-bond donors (Lipinski definition) is 1. The van der Waals surface area contributed by atoms with Gasteiger partial charge in [0.05, 0.1) is 6.61 Å². The molecule has 0 spiro atoms. The van der Waals surface area contributed by atoms with Crippen LogP contribution in [-0.2, 0) is 27.3 Å². The summed E-state index contributed by atoms with van der Waals surface area (Å²) in [5, 5.41) is 12.2. The number of rotatable bonds is 7. The van der Waals surface area contributed by atoms with Crippen LogP contribution < -0.4 is 10.2 Å². The third-order valence-electron chi connectivity index (χ3n) is 5.67. The number of nitrogens with one attached hydrogen (secondary N) is 1. The van der Waals surface area contributed by atoms with Crippen LogP contribution in [0.2, 0.25) is 0 Å². The summed E-state index contributed by atoms with van der Waals surface area (Å²) in [5.41, 5.74) is 4.74. The monoisotopic (exact) mass is 420 g/mol.